The summed E-state index contributed by atoms with van der Waals surface area (Å²) in [6.07, 6.45) is 1.93. The first-order valence-electron chi connectivity index (χ1n) is 4.36. The van der Waals surface area contributed by atoms with Crippen LogP contribution < -0.4 is 0 Å². The Balaban J connectivity index is 3.04. The lowest BCUT2D eigenvalue weighted by Crippen LogP contribution is -1.91. The molecular weight excluding hydrogens is 160 g/mol. The summed E-state index contributed by atoms with van der Waals surface area (Å²) in [6, 6.07) is 8.03. The maximum absolute atomic E-state index is 11.0. The third-order valence-corrected chi connectivity index (χ3v) is 2.12. The summed E-state index contributed by atoms with van der Waals surface area (Å²) in [6.45, 7) is 5.47. The van der Waals surface area contributed by atoms with Crippen LogP contribution in [0.4, 0.5) is 0 Å². The molecule has 0 bridgehead atoms. The molecule has 0 heterocycles. The van der Waals surface area contributed by atoms with Gasteiger partial charge in [-0.15, -0.1) is 0 Å². The Labute approximate surface area is 79.1 Å². The lowest BCUT2D eigenvalue weighted by molar-refractivity contribution is -0.113. The van der Waals surface area contributed by atoms with Crippen LogP contribution in [0.5, 0.6) is 0 Å². The second-order valence-electron chi connectivity index (χ2n) is 3.24. The minimum atomic E-state index is 0.128. The highest BCUT2D eigenvalue weighted by atomic mass is 16.1. The van der Waals surface area contributed by atoms with Gasteiger partial charge in [0.1, 0.15) is 0 Å². The first-order chi connectivity index (χ1) is 6.11. The van der Waals surface area contributed by atoms with Crippen molar-refractivity contribution < 1.29 is 4.79 Å². The summed E-state index contributed by atoms with van der Waals surface area (Å²) in [5.41, 5.74) is 3.12. The number of carbonyl (C=O) groups is 1. The second-order valence-corrected chi connectivity index (χ2v) is 3.24. The van der Waals surface area contributed by atoms with Gasteiger partial charge in [0.25, 0.3) is 0 Å². The van der Waals surface area contributed by atoms with Crippen LogP contribution in [0, 0.1) is 6.92 Å². The van der Waals surface area contributed by atoms with Gasteiger partial charge in [-0.05, 0) is 43.5 Å². The number of rotatable bonds is 2. The normalized spacial score (nSPS) is 11.5. The predicted molar refractivity (Wildman–Crippen MR) is 55.5 cm³/mol. The fraction of sp³-hybridized carbons (Fsp3) is 0.250. The molecule has 0 aromatic heterocycles. The van der Waals surface area contributed by atoms with Crippen molar-refractivity contribution in [2.24, 2.45) is 0 Å². The summed E-state index contributed by atoms with van der Waals surface area (Å²) in [5, 5.41) is 0. The molecule has 0 saturated carbocycles. The van der Waals surface area contributed by atoms with E-state index in [9.17, 15) is 4.79 Å². The first-order valence-corrected chi connectivity index (χ1v) is 4.36. The highest BCUT2D eigenvalue weighted by molar-refractivity contribution is 5.97. The predicted octanol–water partition coefficient (Wildman–Crippen LogP) is 2.99. The van der Waals surface area contributed by atoms with Crippen LogP contribution in [-0.4, -0.2) is 5.78 Å². The van der Waals surface area contributed by atoms with Gasteiger partial charge in [-0.1, -0.05) is 24.3 Å². The van der Waals surface area contributed by atoms with Crippen LogP contribution in [0.2, 0.25) is 0 Å². The maximum Gasteiger partial charge on any atom is 0.155 e. The molecule has 0 aliphatic rings. The molecule has 1 heteroatoms. The van der Waals surface area contributed by atoms with E-state index in [-0.39, 0.29) is 5.78 Å². The number of benzene rings is 1. The lowest BCUT2D eigenvalue weighted by Gasteiger charge is -2.00. The number of hydrogen-bond donors (Lipinski definition) is 0. The Morgan fingerprint density at radius 3 is 2.38 bits per heavy atom. The molecule has 13 heavy (non-hydrogen) atoms. The first kappa shape index (κ1) is 9.72. The van der Waals surface area contributed by atoms with E-state index in [1.165, 1.54) is 5.56 Å². The summed E-state index contributed by atoms with van der Waals surface area (Å²) in [5.74, 6) is 0.128. The monoisotopic (exact) mass is 174 g/mol. The molecule has 0 radical (unpaired) electrons. The topological polar surface area (TPSA) is 17.1 Å². The molecule has 0 N–H and O–H groups in total. The van der Waals surface area contributed by atoms with Crippen molar-refractivity contribution in [1.29, 1.82) is 0 Å². The van der Waals surface area contributed by atoms with Gasteiger partial charge in [-0.3, -0.25) is 4.79 Å². The number of hydrogen-bond acceptors (Lipinski definition) is 1. The maximum atomic E-state index is 11.0. The minimum Gasteiger partial charge on any atom is -0.295 e. The number of carbonyl (C=O) groups excluding carboxylic acids is 1. The van der Waals surface area contributed by atoms with Crippen LogP contribution in [0.1, 0.15) is 25.0 Å². The Kier molecular flexibility index (Phi) is 3.02. The molecular formula is C12H14O. The van der Waals surface area contributed by atoms with Crippen LogP contribution >= 0.6 is 0 Å². The van der Waals surface area contributed by atoms with Crippen LogP contribution in [-0.2, 0) is 4.79 Å². The highest BCUT2D eigenvalue weighted by Crippen LogP contribution is 2.11. The highest BCUT2D eigenvalue weighted by Gasteiger charge is 1.97. The zero-order valence-corrected chi connectivity index (χ0v) is 8.29. The Morgan fingerprint density at radius 1 is 1.23 bits per heavy atom. The fourth-order valence-corrected chi connectivity index (χ4v) is 1.08. The smallest absolute Gasteiger partial charge is 0.155 e. The van der Waals surface area contributed by atoms with E-state index in [4.69, 9.17) is 0 Å². The lowest BCUT2D eigenvalue weighted by atomic mass is 10.1. The summed E-state index contributed by atoms with van der Waals surface area (Å²) >= 11 is 0. The van der Waals surface area contributed by atoms with E-state index in [0.29, 0.717) is 0 Å². The molecule has 68 valence electrons. The van der Waals surface area contributed by atoms with Crippen molar-refractivity contribution in [3.05, 3.63) is 41.0 Å². The van der Waals surface area contributed by atoms with Crippen molar-refractivity contribution in [3.8, 4) is 0 Å². The van der Waals surface area contributed by atoms with Gasteiger partial charge in [0.2, 0.25) is 0 Å². The summed E-state index contributed by atoms with van der Waals surface area (Å²) in [4.78, 5) is 11.0. The van der Waals surface area contributed by atoms with E-state index < -0.39 is 0 Å². The Bertz CT molecular complexity index is 348. The molecule has 0 spiro atoms. The molecule has 1 aromatic rings. The van der Waals surface area contributed by atoms with Crippen LogP contribution in [0.25, 0.3) is 6.08 Å². The van der Waals surface area contributed by atoms with E-state index in [1.54, 1.807) is 6.92 Å². The van der Waals surface area contributed by atoms with E-state index >= 15 is 0 Å². The third-order valence-electron chi connectivity index (χ3n) is 2.12. The molecule has 0 aliphatic carbocycles. The molecule has 1 aromatic carbocycles. The Hall–Kier alpha value is -1.37. The number of allylic oxidation sites excluding steroid dienone is 1. The zero-order chi connectivity index (χ0) is 9.84. The molecule has 1 nitrogen and oxygen atoms in total. The number of Topliss-reactive ketones (excluding diaryl/α,β-unsaturated/α-hetero) is 1. The molecule has 0 saturated heterocycles. The van der Waals surface area contributed by atoms with Gasteiger partial charge >= 0.3 is 0 Å². The fourth-order valence-electron chi connectivity index (χ4n) is 1.08. The van der Waals surface area contributed by atoms with Gasteiger partial charge in [0, 0.05) is 0 Å². The van der Waals surface area contributed by atoms with Crippen molar-refractivity contribution in [1.82, 2.24) is 0 Å². The average Bonchev–Trinajstić information content (AvgIpc) is 2.08. The molecule has 0 aliphatic heterocycles. The average molecular weight is 174 g/mol. The second kappa shape index (κ2) is 4.04. The summed E-state index contributed by atoms with van der Waals surface area (Å²) < 4.78 is 0. The molecule has 0 fully saturated rings. The quantitative estimate of drug-likeness (QED) is 0.630. The van der Waals surface area contributed by atoms with Gasteiger partial charge in [0.15, 0.2) is 5.78 Å². The SMILES string of the molecule is CC(=O)/C(C)=C/c1ccccc1C. The van der Waals surface area contributed by atoms with Crippen LogP contribution in [0.15, 0.2) is 29.8 Å². The molecule has 0 atom stereocenters. The zero-order valence-electron chi connectivity index (χ0n) is 8.29. The number of aryl methyl sites for hydroxylation is 1. The van der Waals surface area contributed by atoms with Gasteiger partial charge < -0.3 is 0 Å². The summed E-state index contributed by atoms with van der Waals surface area (Å²) in [7, 11) is 0. The standard InChI is InChI=1S/C12H14O/c1-9-6-4-5-7-12(9)8-10(2)11(3)13/h4-8H,1-3H3/b10-8+. The molecule has 1 rings (SSSR count). The third kappa shape index (κ3) is 2.55. The van der Waals surface area contributed by atoms with Gasteiger partial charge in [0.05, 0.1) is 0 Å². The van der Waals surface area contributed by atoms with E-state index in [1.807, 2.05) is 44.2 Å². The molecule has 0 amide bonds. The minimum absolute atomic E-state index is 0.128. The van der Waals surface area contributed by atoms with E-state index in [2.05, 4.69) is 0 Å². The Morgan fingerprint density at radius 2 is 1.85 bits per heavy atom. The van der Waals surface area contributed by atoms with Crippen molar-refractivity contribution in [3.63, 3.8) is 0 Å². The largest absolute Gasteiger partial charge is 0.295 e. The van der Waals surface area contributed by atoms with E-state index in [0.717, 1.165) is 11.1 Å². The number of ketones is 1. The van der Waals surface area contributed by atoms with Crippen molar-refractivity contribution in [2.45, 2.75) is 20.8 Å². The van der Waals surface area contributed by atoms with Crippen molar-refractivity contribution in [2.75, 3.05) is 0 Å². The van der Waals surface area contributed by atoms with Crippen LogP contribution in [0.3, 0.4) is 0 Å². The van der Waals surface area contributed by atoms with Gasteiger partial charge in [-0.2, -0.15) is 0 Å². The van der Waals surface area contributed by atoms with Crippen molar-refractivity contribution >= 4 is 11.9 Å². The molecule has 0 unspecified atom stereocenters. The van der Waals surface area contributed by atoms with Gasteiger partial charge in [-0.25, -0.2) is 0 Å².